The average molecular weight is 153 g/mol. The number of nitrogens with zero attached hydrogens (tertiary/aromatic N) is 2. The largest absolute Gasteiger partial charge is 0.333 e. The van der Waals surface area contributed by atoms with E-state index in [2.05, 4.69) is 9.55 Å². The van der Waals surface area contributed by atoms with E-state index >= 15 is 0 Å². The Balaban J connectivity index is 2.72. The molecule has 3 heteroatoms. The fourth-order valence-electron chi connectivity index (χ4n) is 0.991. The summed E-state index contributed by atoms with van der Waals surface area (Å²) in [5.74, 6) is 0. The van der Waals surface area contributed by atoms with Gasteiger partial charge in [0.05, 0.1) is 6.33 Å². The molecule has 0 saturated carbocycles. The Morgan fingerprint density at radius 1 is 1.64 bits per heavy atom. The average Bonchev–Trinajstić information content (AvgIpc) is 2.12. The van der Waals surface area contributed by atoms with Gasteiger partial charge in [-0.25, -0.2) is 4.98 Å². The molecule has 0 atom stereocenters. The van der Waals surface area contributed by atoms with E-state index in [0.717, 1.165) is 12.2 Å². The molecule has 1 aromatic rings. The fraction of sp³-hybridized carbons (Fsp3) is 0.625. The number of aryl methyl sites for hydroxylation is 1. The van der Waals surface area contributed by atoms with Gasteiger partial charge in [0.25, 0.3) is 0 Å². The van der Waals surface area contributed by atoms with Gasteiger partial charge in [-0.05, 0) is 20.8 Å². The van der Waals surface area contributed by atoms with Crippen LogP contribution >= 0.6 is 0 Å². The Morgan fingerprint density at radius 2 is 2.27 bits per heavy atom. The predicted octanol–water partition coefficient (Wildman–Crippen LogP) is 0.929. The minimum absolute atomic E-state index is 0.161. The monoisotopic (exact) mass is 153 g/mol. The van der Waals surface area contributed by atoms with Gasteiger partial charge in [0.2, 0.25) is 0 Å². The van der Waals surface area contributed by atoms with Crippen LogP contribution in [0.1, 0.15) is 19.5 Å². The molecule has 0 radical (unpaired) electrons. The summed E-state index contributed by atoms with van der Waals surface area (Å²) < 4.78 is 2.06. The molecular formula is C8H15N3. The maximum absolute atomic E-state index is 5.85. The van der Waals surface area contributed by atoms with Gasteiger partial charge < -0.3 is 10.3 Å². The van der Waals surface area contributed by atoms with Crippen molar-refractivity contribution in [3.63, 3.8) is 0 Å². The molecule has 0 fully saturated rings. The lowest BCUT2D eigenvalue weighted by atomic mass is 10.1. The lowest BCUT2D eigenvalue weighted by Crippen LogP contribution is -2.37. The summed E-state index contributed by atoms with van der Waals surface area (Å²) in [7, 11) is 0. The van der Waals surface area contributed by atoms with E-state index in [-0.39, 0.29) is 5.54 Å². The Kier molecular flexibility index (Phi) is 2.00. The molecular weight excluding hydrogens is 138 g/mol. The molecule has 11 heavy (non-hydrogen) atoms. The van der Waals surface area contributed by atoms with Crippen LogP contribution < -0.4 is 5.73 Å². The van der Waals surface area contributed by atoms with Crippen LogP contribution in [0.4, 0.5) is 0 Å². The van der Waals surface area contributed by atoms with Gasteiger partial charge in [-0.3, -0.25) is 0 Å². The molecule has 0 aliphatic rings. The third-order valence-corrected chi connectivity index (χ3v) is 1.50. The van der Waals surface area contributed by atoms with Gasteiger partial charge in [-0.1, -0.05) is 0 Å². The van der Waals surface area contributed by atoms with Crippen LogP contribution in [0.25, 0.3) is 0 Å². The molecule has 0 saturated heterocycles. The van der Waals surface area contributed by atoms with E-state index < -0.39 is 0 Å². The molecule has 0 amide bonds. The smallest absolute Gasteiger partial charge is 0.0948 e. The third kappa shape index (κ3) is 2.35. The highest BCUT2D eigenvalue weighted by Crippen LogP contribution is 2.04. The summed E-state index contributed by atoms with van der Waals surface area (Å²) in [4.78, 5) is 4.01. The van der Waals surface area contributed by atoms with Crippen LogP contribution in [0, 0.1) is 6.92 Å². The number of aromatic nitrogens is 2. The Hall–Kier alpha value is -0.830. The standard InChI is InChI=1S/C8H15N3/c1-7-4-10-6-11(7)5-8(2,3)9/h4,6H,5,9H2,1-3H3. The summed E-state index contributed by atoms with van der Waals surface area (Å²) >= 11 is 0. The second kappa shape index (κ2) is 2.66. The van der Waals surface area contributed by atoms with Crippen LogP contribution in [0.5, 0.6) is 0 Å². The zero-order chi connectivity index (χ0) is 8.48. The summed E-state index contributed by atoms with van der Waals surface area (Å²) in [5, 5.41) is 0. The van der Waals surface area contributed by atoms with E-state index in [1.807, 2.05) is 33.3 Å². The van der Waals surface area contributed by atoms with Crippen LogP contribution in [0.2, 0.25) is 0 Å². The van der Waals surface area contributed by atoms with Gasteiger partial charge in [0, 0.05) is 24.0 Å². The first-order chi connectivity index (χ1) is 4.99. The molecule has 0 aromatic carbocycles. The Morgan fingerprint density at radius 3 is 2.64 bits per heavy atom. The van der Waals surface area contributed by atoms with Gasteiger partial charge in [-0.15, -0.1) is 0 Å². The molecule has 1 aromatic heterocycles. The van der Waals surface area contributed by atoms with Crippen molar-refractivity contribution in [2.24, 2.45) is 5.73 Å². The SMILES string of the molecule is Cc1cncn1CC(C)(C)N. The van der Waals surface area contributed by atoms with Crippen molar-refractivity contribution in [1.82, 2.24) is 9.55 Å². The van der Waals surface area contributed by atoms with Crippen LogP contribution in [-0.4, -0.2) is 15.1 Å². The number of hydrogen-bond acceptors (Lipinski definition) is 2. The lowest BCUT2D eigenvalue weighted by Gasteiger charge is -2.19. The molecule has 1 heterocycles. The zero-order valence-electron chi connectivity index (χ0n) is 7.33. The van der Waals surface area contributed by atoms with Crippen LogP contribution in [0.3, 0.4) is 0 Å². The van der Waals surface area contributed by atoms with Crippen molar-refractivity contribution in [2.45, 2.75) is 32.9 Å². The van der Waals surface area contributed by atoms with Crippen molar-refractivity contribution in [1.29, 1.82) is 0 Å². The van der Waals surface area contributed by atoms with Crippen molar-refractivity contribution in [3.8, 4) is 0 Å². The number of nitrogens with two attached hydrogens (primary N) is 1. The molecule has 0 bridgehead atoms. The minimum atomic E-state index is -0.161. The Labute approximate surface area is 67.2 Å². The Bertz CT molecular complexity index is 232. The van der Waals surface area contributed by atoms with Crippen LogP contribution in [0.15, 0.2) is 12.5 Å². The third-order valence-electron chi connectivity index (χ3n) is 1.50. The highest BCUT2D eigenvalue weighted by Gasteiger charge is 2.11. The maximum atomic E-state index is 5.85. The molecule has 3 nitrogen and oxygen atoms in total. The first kappa shape index (κ1) is 8.27. The first-order valence-electron chi connectivity index (χ1n) is 3.75. The zero-order valence-corrected chi connectivity index (χ0v) is 7.33. The molecule has 0 aliphatic carbocycles. The highest BCUT2D eigenvalue weighted by molar-refractivity contribution is 4.95. The van der Waals surface area contributed by atoms with E-state index in [1.54, 1.807) is 0 Å². The van der Waals surface area contributed by atoms with E-state index in [4.69, 9.17) is 5.73 Å². The van der Waals surface area contributed by atoms with Crippen molar-refractivity contribution < 1.29 is 0 Å². The topological polar surface area (TPSA) is 43.8 Å². The van der Waals surface area contributed by atoms with Crippen molar-refractivity contribution in [3.05, 3.63) is 18.2 Å². The second-order valence-electron chi connectivity index (χ2n) is 3.65. The molecule has 0 aliphatic heterocycles. The van der Waals surface area contributed by atoms with Crippen molar-refractivity contribution >= 4 is 0 Å². The summed E-state index contributed by atoms with van der Waals surface area (Å²) in [6.07, 6.45) is 3.65. The molecule has 2 N–H and O–H groups in total. The molecule has 1 rings (SSSR count). The summed E-state index contributed by atoms with van der Waals surface area (Å²) in [6.45, 7) is 6.86. The van der Waals surface area contributed by atoms with Gasteiger partial charge in [-0.2, -0.15) is 0 Å². The predicted molar refractivity (Wildman–Crippen MR) is 45.2 cm³/mol. The summed E-state index contributed by atoms with van der Waals surface area (Å²) in [6, 6.07) is 0. The van der Waals surface area contributed by atoms with Crippen LogP contribution in [-0.2, 0) is 6.54 Å². The molecule has 62 valence electrons. The molecule has 0 unspecified atom stereocenters. The van der Waals surface area contributed by atoms with Crippen molar-refractivity contribution in [2.75, 3.05) is 0 Å². The molecule has 0 spiro atoms. The normalized spacial score (nSPS) is 12.0. The van der Waals surface area contributed by atoms with E-state index in [9.17, 15) is 0 Å². The van der Waals surface area contributed by atoms with E-state index in [1.165, 1.54) is 0 Å². The second-order valence-corrected chi connectivity index (χ2v) is 3.65. The summed E-state index contributed by atoms with van der Waals surface area (Å²) in [5.41, 5.74) is 6.84. The number of hydrogen-bond donors (Lipinski definition) is 1. The fourth-order valence-corrected chi connectivity index (χ4v) is 0.991. The highest BCUT2D eigenvalue weighted by atomic mass is 15.1. The number of imidazole rings is 1. The first-order valence-corrected chi connectivity index (χ1v) is 3.75. The lowest BCUT2D eigenvalue weighted by molar-refractivity contribution is 0.429. The van der Waals surface area contributed by atoms with E-state index in [0.29, 0.717) is 0 Å². The number of rotatable bonds is 2. The van der Waals surface area contributed by atoms with Gasteiger partial charge in [0.15, 0.2) is 0 Å². The van der Waals surface area contributed by atoms with Gasteiger partial charge >= 0.3 is 0 Å². The minimum Gasteiger partial charge on any atom is -0.333 e. The maximum Gasteiger partial charge on any atom is 0.0948 e. The van der Waals surface area contributed by atoms with Gasteiger partial charge in [0.1, 0.15) is 0 Å². The quantitative estimate of drug-likeness (QED) is 0.687.